The van der Waals surface area contributed by atoms with Crippen LogP contribution in [0.15, 0.2) is 30.6 Å². The van der Waals surface area contributed by atoms with Crippen molar-refractivity contribution in [2.75, 3.05) is 31.0 Å². The Labute approximate surface area is 208 Å². The minimum atomic E-state index is -0.234. The molecule has 1 aliphatic carbocycles. The summed E-state index contributed by atoms with van der Waals surface area (Å²) in [5, 5.41) is 4.04. The summed E-state index contributed by atoms with van der Waals surface area (Å²) in [4.78, 5) is 23.7. The topological polar surface area (TPSA) is 76.6 Å². The van der Waals surface area contributed by atoms with Crippen molar-refractivity contribution >= 4 is 34.9 Å². The SMILES string of the molecule is COC(=O)C[C@@H](C)c1cnc(N(CC(C)C)[C@H]2CC[C@H](OC)CC2)c(Nc2ccc(Cl)cn2)c1. The number of carbonyl (C=O) groups excluding carboxylic acids is 1. The summed E-state index contributed by atoms with van der Waals surface area (Å²) >= 11 is 6.04. The molecule has 1 saturated carbocycles. The number of carbonyl (C=O) groups is 1. The highest BCUT2D eigenvalue weighted by Crippen LogP contribution is 2.35. The maximum atomic E-state index is 11.9. The highest BCUT2D eigenvalue weighted by molar-refractivity contribution is 6.30. The molecule has 1 fully saturated rings. The molecule has 34 heavy (non-hydrogen) atoms. The molecule has 0 radical (unpaired) electrons. The third-order valence-electron chi connectivity index (χ3n) is 6.40. The summed E-state index contributed by atoms with van der Waals surface area (Å²) in [7, 11) is 3.21. The van der Waals surface area contributed by atoms with Gasteiger partial charge in [-0.3, -0.25) is 4.79 Å². The zero-order chi connectivity index (χ0) is 24.7. The number of hydrogen-bond donors (Lipinski definition) is 1. The molecule has 0 aliphatic heterocycles. The average molecular weight is 489 g/mol. The Bertz CT molecular complexity index is 930. The molecule has 2 heterocycles. The van der Waals surface area contributed by atoms with Gasteiger partial charge in [0.2, 0.25) is 0 Å². The quantitative estimate of drug-likeness (QED) is 0.413. The highest BCUT2D eigenvalue weighted by Gasteiger charge is 2.29. The summed E-state index contributed by atoms with van der Waals surface area (Å²) in [6.07, 6.45) is 8.36. The van der Waals surface area contributed by atoms with Crippen molar-refractivity contribution in [1.29, 1.82) is 0 Å². The van der Waals surface area contributed by atoms with E-state index in [-0.39, 0.29) is 11.9 Å². The van der Waals surface area contributed by atoms with Crippen LogP contribution in [0.4, 0.5) is 17.3 Å². The predicted molar refractivity (Wildman–Crippen MR) is 137 cm³/mol. The van der Waals surface area contributed by atoms with E-state index in [2.05, 4.69) is 35.1 Å². The third-order valence-corrected chi connectivity index (χ3v) is 6.62. The van der Waals surface area contributed by atoms with Gasteiger partial charge in [0.25, 0.3) is 0 Å². The van der Waals surface area contributed by atoms with E-state index < -0.39 is 0 Å². The molecule has 2 aromatic rings. The number of aromatic nitrogens is 2. The van der Waals surface area contributed by atoms with Crippen molar-refractivity contribution in [3.8, 4) is 0 Å². The first-order chi connectivity index (χ1) is 16.3. The Morgan fingerprint density at radius 1 is 1.15 bits per heavy atom. The minimum absolute atomic E-state index is 0.0246. The van der Waals surface area contributed by atoms with Crippen molar-refractivity contribution in [3.63, 3.8) is 0 Å². The molecule has 7 nitrogen and oxygen atoms in total. The Balaban J connectivity index is 1.97. The van der Waals surface area contributed by atoms with Gasteiger partial charge in [0.15, 0.2) is 5.82 Å². The van der Waals surface area contributed by atoms with E-state index in [1.807, 2.05) is 25.3 Å². The number of ether oxygens (including phenoxy) is 2. The lowest BCUT2D eigenvalue weighted by atomic mass is 9.91. The number of hydrogen-bond acceptors (Lipinski definition) is 7. The molecule has 0 amide bonds. The fraction of sp³-hybridized carbons (Fsp3) is 0.577. The van der Waals surface area contributed by atoms with Gasteiger partial charge in [-0.25, -0.2) is 9.97 Å². The lowest BCUT2D eigenvalue weighted by Crippen LogP contribution is -2.42. The van der Waals surface area contributed by atoms with Crippen LogP contribution >= 0.6 is 11.6 Å². The first-order valence-corrected chi connectivity index (χ1v) is 12.4. The molecular formula is C26H37ClN4O3. The number of anilines is 3. The van der Waals surface area contributed by atoms with E-state index in [0.717, 1.165) is 49.3 Å². The van der Waals surface area contributed by atoms with E-state index in [0.29, 0.717) is 35.3 Å². The van der Waals surface area contributed by atoms with Crippen LogP contribution in [0.5, 0.6) is 0 Å². The van der Waals surface area contributed by atoms with Gasteiger partial charge in [-0.05, 0) is 61.3 Å². The van der Waals surface area contributed by atoms with Crippen LogP contribution in [0.1, 0.15) is 64.4 Å². The van der Waals surface area contributed by atoms with E-state index >= 15 is 0 Å². The van der Waals surface area contributed by atoms with Crippen LogP contribution in [0, 0.1) is 5.92 Å². The Morgan fingerprint density at radius 3 is 2.47 bits per heavy atom. The van der Waals surface area contributed by atoms with E-state index in [1.54, 1.807) is 13.3 Å². The van der Waals surface area contributed by atoms with Gasteiger partial charge in [-0.15, -0.1) is 0 Å². The molecule has 1 atom stereocenters. The average Bonchev–Trinajstić information content (AvgIpc) is 2.84. The van der Waals surface area contributed by atoms with Gasteiger partial charge in [0, 0.05) is 32.1 Å². The van der Waals surface area contributed by atoms with Crippen molar-refractivity contribution in [2.24, 2.45) is 5.92 Å². The molecule has 1 N–H and O–H groups in total. The Morgan fingerprint density at radius 2 is 1.88 bits per heavy atom. The summed E-state index contributed by atoms with van der Waals surface area (Å²) in [6.45, 7) is 7.37. The number of methoxy groups -OCH3 is 2. The molecule has 0 aromatic carbocycles. The minimum Gasteiger partial charge on any atom is -0.469 e. The first kappa shape index (κ1) is 26.2. The normalized spacial score (nSPS) is 19.0. The second-order valence-corrected chi connectivity index (χ2v) is 9.96. The van der Waals surface area contributed by atoms with Crippen molar-refractivity contribution in [1.82, 2.24) is 9.97 Å². The van der Waals surface area contributed by atoms with Crippen LogP contribution in [-0.2, 0) is 14.3 Å². The van der Waals surface area contributed by atoms with Gasteiger partial charge in [0.05, 0.1) is 30.3 Å². The largest absolute Gasteiger partial charge is 0.469 e. The van der Waals surface area contributed by atoms with Crippen LogP contribution in [0.3, 0.4) is 0 Å². The Hall–Kier alpha value is -2.38. The molecule has 8 heteroatoms. The van der Waals surface area contributed by atoms with Crippen LogP contribution in [-0.4, -0.2) is 48.8 Å². The van der Waals surface area contributed by atoms with Gasteiger partial charge in [-0.2, -0.15) is 0 Å². The maximum Gasteiger partial charge on any atom is 0.306 e. The summed E-state index contributed by atoms with van der Waals surface area (Å²) in [6, 6.07) is 6.14. The summed E-state index contributed by atoms with van der Waals surface area (Å²) < 4.78 is 10.5. The molecule has 0 unspecified atom stereocenters. The maximum absolute atomic E-state index is 11.9. The zero-order valence-corrected chi connectivity index (χ0v) is 21.6. The number of pyridine rings is 2. The molecule has 1 aliphatic rings. The van der Waals surface area contributed by atoms with E-state index in [4.69, 9.17) is 26.1 Å². The Kier molecular flexibility index (Phi) is 9.54. The number of esters is 1. The number of halogens is 1. The second-order valence-electron chi connectivity index (χ2n) is 9.52. The van der Waals surface area contributed by atoms with E-state index in [9.17, 15) is 4.79 Å². The van der Waals surface area contributed by atoms with Crippen LogP contribution in [0.2, 0.25) is 5.02 Å². The van der Waals surface area contributed by atoms with Crippen LogP contribution < -0.4 is 10.2 Å². The monoisotopic (exact) mass is 488 g/mol. The molecule has 0 spiro atoms. The highest BCUT2D eigenvalue weighted by atomic mass is 35.5. The molecule has 186 valence electrons. The van der Waals surface area contributed by atoms with Gasteiger partial charge >= 0.3 is 5.97 Å². The molecule has 2 aromatic heterocycles. The van der Waals surface area contributed by atoms with Crippen molar-refractivity contribution in [3.05, 3.63) is 41.2 Å². The number of nitrogens with one attached hydrogen (secondary N) is 1. The van der Waals surface area contributed by atoms with Gasteiger partial charge < -0.3 is 19.7 Å². The van der Waals surface area contributed by atoms with Crippen molar-refractivity contribution in [2.45, 2.75) is 70.9 Å². The van der Waals surface area contributed by atoms with Gasteiger partial charge in [-0.1, -0.05) is 32.4 Å². The molecule has 0 bridgehead atoms. The summed E-state index contributed by atoms with van der Waals surface area (Å²) in [5.74, 6) is 1.81. The van der Waals surface area contributed by atoms with Gasteiger partial charge in [0.1, 0.15) is 5.82 Å². The predicted octanol–water partition coefficient (Wildman–Crippen LogP) is 5.96. The molecule has 0 saturated heterocycles. The summed E-state index contributed by atoms with van der Waals surface area (Å²) in [5.41, 5.74) is 1.84. The fourth-order valence-corrected chi connectivity index (χ4v) is 4.61. The number of nitrogens with zero attached hydrogens (tertiary/aromatic N) is 3. The first-order valence-electron chi connectivity index (χ1n) is 12.1. The van der Waals surface area contributed by atoms with E-state index in [1.165, 1.54) is 7.11 Å². The number of rotatable bonds is 10. The third kappa shape index (κ3) is 7.06. The molecular weight excluding hydrogens is 452 g/mol. The lowest BCUT2D eigenvalue weighted by molar-refractivity contribution is -0.140. The standard InChI is InChI=1S/C26H37ClN4O3/c1-17(2)16-31(21-7-9-22(33-4)10-8-21)26-23(30-24-11-6-20(27)15-28-24)13-19(14-29-26)18(3)12-25(32)34-5/h6,11,13-15,17-18,21-22H,7-10,12,16H2,1-5H3,(H,28,30)/t18-,21-,22-/m1/s1. The van der Waals surface area contributed by atoms with Crippen molar-refractivity contribution < 1.29 is 14.3 Å². The fourth-order valence-electron chi connectivity index (χ4n) is 4.50. The molecule has 3 rings (SSSR count). The van der Waals surface area contributed by atoms with Crippen LogP contribution in [0.25, 0.3) is 0 Å². The zero-order valence-electron chi connectivity index (χ0n) is 20.9. The lowest BCUT2D eigenvalue weighted by Gasteiger charge is -2.39. The smallest absolute Gasteiger partial charge is 0.306 e. The second kappa shape index (κ2) is 12.4.